The summed E-state index contributed by atoms with van der Waals surface area (Å²) in [5.74, 6) is 1.45. The van der Waals surface area contributed by atoms with Crippen molar-refractivity contribution < 1.29 is 14.3 Å². The lowest BCUT2D eigenvalue weighted by molar-refractivity contribution is -0.136. The van der Waals surface area contributed by atoms with E-state index >= 15 is 0 Å². The molecule has 0 aliphatic carbocycles. The quantitative estimate of drug-likeness (QED) is 0.831. The summed E-state index contributed by atoms with van der Waals surface area (Å²) in [6, 6.07) is 3.70. The molecule has 0 radical (unpaired) electrons. The van der Waals surface area contributed by atoms with E-state index in [2.05, 4.69) is 15.9 Å². The zero-order valence-corrected chi connectivity index (χ0v) is 9.23. The predicted molar refractivity (Wildman–Crippen MR) is 54.8 cm³/mol. The van der Waals surface area contributed by atoms with E-state index in [4.69, 9.17) is 9.52 Å². The topological polar surface area (TPSA) is 50.4 Å². The van der Waals surface area contributed by atoms with Crippen molar-refractivity contribution >= 4 is 33.7 Å². The van der Waals surface area contributed by atoms with Gasteiger partial charge >= 0.3 is 5.97 Å². The monoisotopic (exact) mass is 264 g/mol. The van der Waals surface area contributed by atoms with Gasteiger partial charge in [-0.3, -0.25) is 4.79 Å². The van der Waals surface area contributed by atoms with E-state index in [0.717, 1.165) is 11.5 Å². The van der Waals surface area contributed by atoms with Gasteiger partial charge in [0.05, 0.1) is 12.2 Å². The van der Waals surface area contributed by atoms with Crippen LogP contribution in [0, 0.1) is 0 Å². The third-order valence-corrected chi connectivity index (χ3v) is 2.74. The van der Waals surface area contributed by atoms with Gasteiger partial charge in [0.2, 0.25) is 0 Å². The standard InChI is InChI=1S/C8H9BrO3S/c9-7-2-1-6(12-7)5-13-4-3-8(10)11/h1-2H,3-5H2,(H,10,11). The Kier molecular flexibility index (Phi) is 4.38. The first-order valence-electron chi connectivity index (χ1n) is 3.72. The van der Waals surface area contributed by atoms with Crippen molar-refractivity contribution in [2.24, 2.45) is 0 Å². The van der Waals surface area contributed by atoms with Crippen molar-refractivity contribution in [2.75, 3.05) is 5.75 Å². The minimum atomic E-state index is -0.756. The Balaban J connectivity index is 2.16. The van der Waals surface area contributed by atoms with Gasteiger partial charge in [0.1, 0.15) is 5.76 Å². The Morgan fingerprint density at radius 2 is 2.38 bits per heavy atom. The van der Waals surface area contributed by atoms with Gasteiger partial charge in [0, 0.05) is 5.75 Å². The van der Waals surface area contributed by atoms with Crippen LogP contribution in [-0.4, -0.2) is 16.8 Å². The molecule has 0 saturated heterocycles. The van der Waals surface area contributed by atoms with Crippen LogP contribution in [-0.2, 0) is 10.5 Å². The number of carboxylic acid groups (broad SMARTS) is 1. The summed E-state index contributed by atoms with van der Waals surface area (Å²) in [6.45, 7) is 0. The number of halogens is 1. The first kappa shape index (κ1) is 10.7. The molecule has 0 aromatic carbocycles. The maximum Gasteiger partial charge on any atom is 0.304 e. The fourth-order valence-corrected chi connectivity index (χ4v) is 1.92. The Labute approximate surface area is 88.6 Å². The van der Waals surface area contributed by atoms with Crippen molar-refractivity contribution in [1.82, 2.24) is 0 Å². The molecular formula is C8H9BrO3S. The molecule has 0 aliphatic heterocycles. The summed E-state index contributed by atoms with van der Waals surface area (Å²) in [5, 5.41) is 8.37. The molecule has 1 heterocycles. The lowest BCUT2D eigenvalue weighted by atomic mass is 10.5. The van der Waals surface area contributed by atoms with Crippen molar-refractivity contribution in [3.63, 3.8) is 0 Å². The lowest BCUT2D eigenvalue weighted by Gasteiger charge is -1.95. The van der Waals surface area contributed by atoms with Crippen LogP contribution in [0.2, 0.25) is 0 Å². The summed E-state index contributed by atoms with van der Waals surface area (Å²) in [6.07, 6.45) is 0.201. The molecule has 3 nitrogen and oxygen atoms in total. The molecule has 0 unspecified atom stereocenters. The molecule has 0 fully saturated rings. The summed E-state index contributed by atoms with van der Waals surface area (Å²) >= 11 is 4.75. The van der Waals surface area contributed by atoms with Crippen LogP contribution in [0.1, 0.15) is 12.2 Å². The van der Waals surface area contributed by atoms with E-state index < -0.39 is 5.97 Å². The molecule has 13 heavy (non-hydrogen) atoms. The van der Waals surface area contributed by atoms with E-state index in [1.807, 2.05) is 12.1 Å². The largest absolute Gasteiger partial charge is 0.481 e. The van der Waals surface area contributed by atoms with Crippen LogP contribution in [0.5, 0.6) is 0 Å². The van der Waals surface area contributed by atoms with Gasteiger partial charge in [-0.05, 0) is 28.1 Å². The van der Waals surface area contributed by atoms with Gasteiger partial charge in [-0.2, -0.15) is 11.8 Å². The summed E-state index contributed by atoms with van der Waals surface area (Å²) < 4.78 is 5.95. The molecule has 72 valence electrons. The van der Waals surface area contributed by atoms with Crippen LogP contribution in [0.25, 0.3) is 0 Å². The second-order valence-corrected chi connectivity index (χ2v) is 4.29. The van der Waals surface area contributed by atoms with Crippen LogP contribution >= 0.6 is 27.7 Å². The zero-order chi connectivity index (χ0) is 9.68. The van der Waals surface area contributed by atoms with E-state index in [-0.39, 0.29) is 6.42 Å². The zero-order valence-electron chi connectivity index (χ0n) is 6.83. The molecule has 0 atom stereocenters. The van der Waals surface area contributed by atoms with Crippen molar-refractivity contribution in [3.8, 4) is 0 Å². The van der Waals surface area contributed by atoms with Crippen molar-refractivity contribution in [2.45, 2.75) is 12.2 Å². The second kappa shape index (κ2) is 5.34. The Hall–Kier alpha value is -0.420. The highest BCUT2D eigenvalue weighted by molar-refractivity contribution is 9.10. The summed E-state index contributed by atoms with van der Waals surface area (Å²) in [4.78, 5) is 10.2. The van der Waals surface area contributed by atoms with E-state index in [1.165, 1.54) is 0 Å². The number of carboxylic acids is 1. The van der Waals surface area contributed by atoms with E-state index in [0.29, 0.717) is 10.4 Å². The van der Waals surface area contributed by atoms with Gasteiger partial charge in [-0.1, -0.05) is 0 Å². The SMILES string of the molecule is O=C(O)CCSCc1ccc(Br)o1. The highest BCUT2D eigenvalue weighted by atomic mass is 79.9. The number of thioether (sulfide) groups is 1. The van der Waals surface area contributed by atoms with Crippen molar-refractivity contribution in [3.05, 3.63) is 22.6 Å². The van der Waals surface area contributed by atoms with Gasteiger partial charge in [-0.25, -0.2) is 0 Å². The predicted octanol–water partition coefficient (Wildman–Crippen LogP) is 2.75. The highest BCUT2D eigenvalue weighted by Crippen LogP contribution is 2.19. The fraction of sp³-hybridized carbons (Fsp3) is 0.375. The molecule has 0 aliphatic rings. The number of furan rings is 1. The Bertz CT molecular complexity index is 285. The second-order valence-electron chi connectivity index (χ2n) is 2.40. The van der Waals surface area contributed by atoms with Crippen LogP contribution < -0.4 is 0 Å². The third-order valence-electron chi connectivity index (χ3n) is 1.33. The molecule has 0 amide bonds. The molecule has 0 spiro atoms. The Morgan fingerprint density at radius 1 is 1.62 bits per heavy atom. The smallest absolute Gasteiger partial charge is 0.304 e. The first-order chi connectivity index (χ1) is 6.18. The first-order valence-corrected chi connectivity index (χ1v) is 5.67. The van der Waals surface area contributed by atoms with Crippen LogP contribution in [0.15, 0.2) is 21.2 Å². The maximum atomic E-state index is 10.2. The molecular weight excluding hydrogens is 256 g/mol. The number of aliphatic carboxylic acids is 1. The molecule has 1 N–H and O–H groups in total. The molecule has 1 aromatic rings. The molecule has 0 saturated carbocycles. The molecule has 1 rings (SSSR count). The van der Waals surface area contributed by atoms with Gasteiger partial charge in [-0.15, -0.1) is 0 Å². The summed E-state index contributed by atoms with van der Waals surface area (Å²) in [5.41, 5.74) is 0. The Morgan fingerprint density at radius 3 is 2.92 bits per heavy atom. The minimum Gasteiger partial charge on any atom is -0.481 e. The normalized spacial score (nSPS) is 10.2. The van der Waals surface area contributed by atoms with Gasteiger partial charge in [0.15, 0.2) is 4.67 Å². The molecule has 5 heteroatoms. The third kappa shape index (κ3) is 4.38. The summed E-state index contributed by atoms with van der Waals surface area (Å²) in [7, 11) is 0. The number of hydrogen-bond donors (Lipinski definition) is 1. The lowest BCUT2D eigenvalue weighted by Crippen LogP contribution is -1.95. The van der Waals surface area contributed by atoms with E-state index in [1.54, 1.807) is 11.8 Å². The molecule has 0 bridgehead atoms. The number of rotatable bonds is 5. The molecule has 1 aromatic heterocycles. The fourth-order valence-electron chi connectivity index (χ4n) is 0.762. The maximum absolute atomic E-state index is 10.2. The van der Waals surface area contributed by atoms with Crippen molar-refractivity contribution in [1.29, 1.82) is 0 Å². The average Bonchev–Trinajstić information content (AvgIpc) is 2.45. The highest BCUT2D eigenvalue weighted by Gasteiger charge is 2.01. The van der Waals surface area contributed by atoms with Gasteiger partial charge in [0.25, 0.3) is 0 Å². The minimum absolute atomic E-state index is 0.201. The van der Waals surface area contributed by atoms with E-state index in [9.17, 15) is 4.79 Å². The van der Waals surface area contributed by atoms with Gasteiger partial charge < -0.3 is 9.52 Å². The average molecular weight is 265 g/mol. The van der Waals surface area contributed by atoms with Crippen LogP contribution in [0.3, 0.4) is 0 Å². The van der Waals surface area contributed by atoms with Crippen LogP contribution in [0.4, 0.5) is 0 Å². The number of carbonyl (C=O) groups is 1. The number of hydrogen-bond acceptors (Lipinski definition) is 3.